The molecular weight excluding hydrogens is 204 g/mol. The van der Waals surface area contributed by atoms with E-state index in [4.69, 9.17) is 10.5 Å². The molecule has 1 fully saturated rings. The first-order valence-electron chi connectivity index (χ1n) is 6.34. The third-order valence-corrected chi connectivity index (χ3v) is 3.18. The number of carbonyl (C=O) groups is 1. The molecule has 0 radical (unpaired) electrons. The zero-order valence-electron chi connectivity index (χ0n) is 10.2. The van der Waals surface area contributed by atoms with Crippen molar-refractivity contribution in [3.8, 4) is 0 Å². The van der Waals surface area contributed by atoms with Crippen LogP contribution in [-0.2, 0) is 9.53 Å². The Kier molecular flexibility index (Phi) is 6.42. The van der Waals surface area contributed by atoms with E-state index in [2.05, 4.69) is 12.2 Å². The van der Waals surface area contributed by atoms with Gasteiger partial charge in [0.05, 0.1) is 12.5 Å². The number of hydrogen-bond acceptors (Lipinski definition) is 3. The topological polar surface area (TPSA) is 64.3 Å². The van der Waals surface area contributed by atoms with Crippen molar-refractivity contribution >= 4 is 5.91 Å². The van der Waals surface area contributed by atoms with Crippen LogP contribution in [-0.4, -0.2) is 31.7 Å². The van der Waals surface area contributed by atoms with Crippen LogP contribution in [0.15, 0.2) is 0 Å². The highest BCUT2D eigenvalue weighted by molar-refractivity contribution is 5.76. The quantitative estimate of drug-likeness (QED) is 0.684. The highest BCUT2D eigenvalue weighted by Crippen LogP contribution is 2.15. The molecule has 0 aromatic carbocycles. The summed E-state index contributed by atoms with van der Waals surface area (Å²) in [4.78, 5) is 11.6. The van der Waals surface area contributed by atoms with Gasteiger partial charge in [-0.1, -0.05) is 13.3 Å². The molecule has 1 saturated heterocycles. The minimum atomic E-state index is 0.113. The molecule has 0 aromatic heterocycles. The van der Waals surface area contributed by atoms with Gasteiger partial charge < -0.3 is 15.8 Å². The van der Waals surface area contributed by atoms with E-state index in [0.29, 0.717) is 18.9 Å². The summed E-state index contributed by atoms with van der Waals surface area (Å²) in [5.41, 5.74) is 5.51. The van der Waals surface area contributed by atoms with Gasteiger partial charge in [-0.2, -0.15) is 0 Å². The van der Waals surface area contributed by atoms with Crippen molar-refractivity contribution in [2.75, 3.05) is 19.7 Å². The van der Waals surface area contributed by atoms with Crippen LogP contribution in [0.4, 0.5) is 0 Å². The Hall–Kier alpha value is -0.610. The normalized spacial score (nSPS) is 22.0. The minimum Gasteiger partial charge on any atom is -0.378 e. The van der Waals surface area contributed by atoms with Crippen LogP contribution < -0.4 is 11.1 Å². The average molecular weight is 228 g/mol. The monoisotopic (exact) mass is 228 g/mol. The molecular formula is C12H24N2O2. The summed E-state index contributed by atoms with van der Waals surface area (Å²) in [6.45, 7) is 4.38. The van der Waals surface area contributed by atoms with Crippen LogP contribution in [0.3, 0.4) is 0 Å². The van der Waals surface area contributed by atoms with Crippen LogP contribution in [0.25, 0.3) is 0 Å². The molecule has 1 aliphatic rings. The van der Waals surface area contributed by atoms with Gasteiger partial charge in [-0.3, -0.25) is 4.79 Å². The zero-order chi connectivity index (χ0) is 11.8. The van der Waals surface area contributed by atoms with Crippen LogP contribution in [0.1, 0.15) is 39.0 Å². The number of ether oxygens (including phenoxy) is 1. The second-order valence-electron chi connectivity index (χ2n) is 4.49. The lowest BCUT2D eigenvalue weighted by Crippen LogP contribution is -2.32. The summed E-state index contributed by atoms with van der Waals surface area (Å²) in [5.74, 6) is 0.626. The summed E-state index contributed by atoms with van der Waals surface area (Å²) < 4.78 is 5.42. The second-order valence-corrected chi connectivity index (χ2v) is 4.49. The summed E-state index contributed by atoms with van der Waals surface area (Å²) in [6.07, 6.45) is 4.82. The summed E-state index contributed by atoms with van der Waals surface area (Å²) >= 11 is 0. The van der Waals surface area contributed by atoms with Gasteiger partial charge in [-0.25, -0.2) is 0 Å². The number of hydrogen-bond donors (Lipinski definition) is 2. The maximum Gasteiger partial charge on any atom is 0.222 e. The van der Waals surface area contributed by atoms with Crippen molar-refractivity contribution in [3.05, 3.63) is 0 Å². The zero-order valence-corrected chi connectivity index (χ0v) is 10.2. The highest BCUT2D eigenvalue weighted by atomic mass is 16.5. The van der Waals surface area contributed by atoms with E-state index in [0.717, 1.165) is 38.8 Å². The molecule has 2 atom stereocenters. The van der Waals surface area contributed by atoms with E-state index in [9.17, 15) is 4.79 Å². The van der Waals surface area contributed by atoms with Crippen molar-refractivity contribution in [3.63, 3.8) is 0 Å². The van der Waals surface area contributed by atoms with E-state index < -0.39 is 0 Å². The van der Waals surface area contributed by atoms with E-state index in [1.54, 1.807) is 0 Å². The Morgan fingerprint density at radius 2 is 2.44 bits per heavy atom. The highest BCUT2D eigenvalue weighted by Gasteiger charge is 2.19. The first-order valence-corrected chi connectivity index (χ1v) is 6.34. The Balaban J connectivity index is 2.12. The number of nitrogens with two attached hydrogens (primary N) is 1. The molecule has 1 amide bonds. The molecule has 4 nitrogen and oxygen atoms in total. The molecule has 0 spiro atoms. The number of amides is 1. The van der Waals surface area contributed by atoms with E-state index in [1.807, 2.05) is 0 Å². The van der Waals surface area contributed by atoms with Gasteiger partial charge in [0, 0.05) is 13.2 Å². The van der Waals surface area contributed by atoms with Crippen LogP contribution in [0.5, 0.6) is 0 Å². The van der Waals surface area contributed by atoms with Gasteiger partial charge in [0.25, 0.3) is 0 Å². The Morgan fingerprint density at radius 1 is 1.62 bits per heavy atom. The molecule has 1 heterocycles. The Morgan fingerprint density at radius 3 is 3.00 bits per heavy atom. The molecule has 94 valence electrons. The predicted molar refractivity (Wildman–Crippen MR) is 64.1 cm³/mol. The largest absolute Gasteiger partial charge is 0.378 e. The third kappa shape index (κ3) is 4.94. The maximum absolute atomic E-state index is 11.6. The molecule has 2 unspecified atom stereocenters. The molecule has 16 heavy (non-hydrogen) atoms. The summed E-state index contributed by atoms with van der Waals surface area (Å²) in [7, 11) is 0. The van der Waals surface area contributed by atoms with Crippen molar-refractivity contribution in [1.82, 2.24) is 5.32 Å². The molecule has 1 rings (SSSR count). The van der Waals surface area contributed by atoms with Gasteiger partial charge in [0.1, 0.15) is 0 Å². The van der Waals surface area contributed by atoms with Crippen molar-refractivity contribution < 1.29 is 9.53 Å². The van der Waals surface area contributed by atoms with Gasteiger partial charge in [-0.05, 0) is 31.7 Å². The fourth-order valence-corrected chi connectivity index (χ4v) is 2.03. The molecule has 0 aromatic rings. The Labute approximate surface area is 97.9 Å². The van der Waals surface area contributed by atoms with Crippen LogP contribution in [0, 0.1) is 5.92 Å². The lowest BCUT2D eigenvalue weighted by molar-refractivity contribution is -0.123. The SMILES string of the molecule is CCC(CCN)CNC(=O)CC1CCCO1. The summed E-state index contributed by atoms with van der Waals surface area (Å²) in [6, 6.07) is 0. The fraction of sp³-hybridized carbons (Fsp3) is 0.917. The summed E-state index contributed by atoms with van der Waals surface area (Å²) in [5, 5.41) is 2.97. The second kappa shape index (κ2) is 7.63. The molecule has 0 bridgehead atoms. The van der Waals surface area contributed by atoms with Crippen LogP contribution >= 0.6 is 0 Å². The van der Waals surface area contributed by atoms with Crippen molar-refractivity contribution in [2.24, 2.45) is 11.7 Å². The first-order chi connectivity index (χ1) is 7.76. The first kappa shape index (κ1) is 13.5. The van der Waals surface area contributed by atoms with Gasteiger partial charge in [0.15, 0.2) is 0 Å². The van der Waals surface area contributed by atoms with Gasteiger partial charge in [-0.15, -0.1) is 0 Å². The average Bonchev–Trinajstić information content (AvgIpc) is 2.76. The van der Waals surface area contributed by atoms with E-state index in [1.165, 1.54) is 0 Å². The van der Waals surface area contributed by atoms with E-state index in [-0.39, 0.29) is 12.0 Å². The van der Waals surface area contributed by atoms with Gasteiger partial charge in [0.2, 0.25) is 5.91 Å². The van der Waals surface area contributed by atoms with Crippen molar-refractivity contribution in [1.29, 1.82) is 0 Å². The molecule has 4 heteroatoms. The molecule has 3 N–H and O–H groups in total. The number of rotatable bonds is 7. The fourth-order valence-electron chi connectivity index (χ4n) is 2.03. The lowest BCUT2D eigenvalue weighted by atomic mass is 10.0. The van der Waals surface area contributed by atoms with Gasteiger partial charge >= 0.3 is 0 Å². The Bertz CT molecular complexity index is 203. The molecule has 0 aliphatic carbocycles. The van der Waals surface area contributed by atoms with E-state index >= 15 is 0 Å². The maximum atomic E-state index is 11.6. The molecule has 1 aliphatic heterocycles. The smallest absolute Gasteiger partial charge is 0.222 e. The molecule has 0 saturated carbocycles. The number of nitrogens with one attached hydrogen (secondary N) is 1. The standard InChI is InChI=1S/C12H24N2O2/c1-2-10(5-6-13)9-14-12(15)8-11-4-3-7-16-11/h10-11H,2-9,13H2,1H3,(H,14,15). The minimum absolute atomic E-state index is 0.113. The van der Waals surface area contributed by atoms with Crippen LogP contribution in [0.2, 0.25) is 0 Å². The number of carbonyl (C=O) groups excluding carboxylic acids is 1. The van der Waals surface area contributed by atoms with Crippen molar-refractivity contribution in [2.45, 2.75) is 45.1 Å². The predicted octanol–water partition coefficient (Wildman–Crippen LogP) is 1.05. The lowest BCUT2D eigenvalue weighted by Gasteiger charge is -2.15. The third-order valence-electron chi connectivity index (χ3n) is 3.18.